The van der Waals surface area contributed by atoms with E-state index in [1.165, 1.54) is 24.4 Å². The number of nitrogens with zero attached hydrogens (tertiary/aromatic N) is 1. The third-order valence-corrected chi connectivity index (χ3v) is 3.24. The Labute approximate surface area is 116 Å². The smallest absolute Gasteiger partial charge is 0.254 e. The molecule has 1 amide bonds. The number of hydrogen-bond donors (Lipinski definition) is 1. The van der Waals surface area contributed by atoms with Gasteiger partial charge in [-0.3, -0.25) is 9.78 Å². The van der Waals surface area contributed by atoms with Crippen molar-refractivity contribution in [3.63, 3.8) is 0 Å². The van der Waals surface area contributed by atoms with Crippen molar-refractivity contribution in [2.24, 2.45) is 0 Å². The predicted molar refractivity (Wildman–Crippen MR) is 69.5 cm³/mol. The number of halogens is 3. The van der Waals surface area contributed by atoms with E-state index in [2.05, 4.69) is 26.2 Å². The number of pyridine rings is 1. The summed E-state index contributed by atoms with van der Waals surface area (Å²) in [6.45, 7) is 0.0962. The van der Waals surface area contributed by atoms with E-state index in [0.29, 0.717) is 10.0 Å². The summed E-state index contributed by atoms with van der Waals surface area (Å²) < 4.78 is 27.0. The number of carbonyl (C=O) groups excluding carboxylic acids is 1. The fourth-order valence-electron chi connectivity index (χ4n) is 1.51. The fraction of sp³-hybridized carbons (Fsp3) is 0.0769. The van der Waals surface area contributed by atoms with Crippen LogP contribution in [-0.4, -0.2) is 10.9 Å². The summed E-state index contributed by atoms with van der Waals surface area (Å²) in [7, 11) is 0. The molecule has 0 radical (unpaired) electrons. The lowest BCUT2D eigenvalue weighted by Gasteiger charge is -2.07. The van der Waals surface area contributed by atoms with Gasteiger partial charge in [0.25, 0.3) is 5.91 Å². The maximum Gasteiger partial charge on any atom is 0.254 e. The van der Waals surface area contributed by atoms with Crippen LogP contribution in [0.5, 0.6) is 0 Å². The minimum absolute atomic E-state index is 0.0949. The molecule has 6 heteroatoms. The molecule has 0 saturated heterocycles. The van der Waals surface area contributed by atoms with Gasteiger partial charge in [0, 0.05) is 17.2 Å². The van der Waals surface area contributed by atoms with Crippen molar-refractivity contribution in [2.75, 3.05) is 0 Å². The average Bonchev–Trinajstić information content (AvgIpc) is 2.40. The second kappa shape index (κ2) is 5.88. The molecule has 0 fully saturated rings. The second-order valence-corrected chi connectivity index (χ2v) is 4.63. The van der Waals surface area contributed by atoms with Crippen LogP contribution >= 0.6 is 15.9 Å². The molecular formula is C13H9BrF2N2O. The highest BCUT2D eigenvalue weighted by atomic mass is 79.9. The molecule has 19 heavy (non-hydrogen) atoms. The standard InChI is InChI=1S/C13H9BrF2N2O/c14-11-2-1-9(15)5-8(11)6-18-13(19)10-3-4-17-7-12(10)16/h1-5,7H,6H2,(H,18,19). The van der Waals surface area contributed by atoms with E-state index in [1.807, 2.05) is 0 Å². The molecule has 0 unspecified atom stereocenters. The zero-order valence-corrected chi connectivity index (χ0v) is 11.2. The van der Waals surface area contributed by atoms with E-state index in [0.717, 1.165) is 6.20 Å². The first kappa shape index (κ1) is 13.6. The third kappa shape index (κ3) is 3.35. The molecule has 0 aliphatic rings. The molecule has 1 aromatic heterocycles. The van der Waals surface area contributed by atoms with Gasteiger partial charge in [0.2, 0.25) is 0 Å². The Balaban J connectivity index is 2.09. The summed E-state index contributed by atoms with van der Waals surface area (Å²) >= 11 is 3.25. The van der Waals surface area contributed by atoms with Crippen LogP contribution in [0.3, 0.4) is 0 Å². The van der Waals surface area contributed by atoms with Gasteiger partial charge in [0.05, 0.1) is 11.8 Å². The van der Waals surface area contributed by atoms with Gasteiger partial charge in [-0.2, -0.15) is 0 Å². The van der Waals surface area contributed by atoms with Crippen molar-refractivity contribution in [1.82, 2.24) is 10.3 Å². The number of benzene rings is 1. The normalized spacial score (nSPS) is 10.3. The van der Waals surface area contributed by atoms with Crippen LogP contribution in [-0.2, 0) is 6.54 Å². The first-order chi connectivity index (χ1) is 9.08. The number of hydrogen-bond acceptors (Lipinski definition) is 2. The van der Waals surface area contributed by atoms with E-state index < -0.39 is 17.5 Å². The first-order valence-corrected chi connectivity index (χ1v) is 6.19. The predicted octanol–water partition coefficient (Wildman–Crippen LogP) is 3.05. The molecule has 0 atom stereocenters. The Morgan fingerprint density at radius 1 is 1.32 bits per heavy atom. The summed E-state index contributed by atoms with van der Waals surface area (Å²) in [5.41, 5.74) is 0.477. The minimum Gasteiger partial charge on any atom is -0.348 e. The second-order valence-electron chi connectivity index (χ2n) is 3.77. The van der Waals surface area contributed by atoms with Crippen LogP contribution in [0, 0.1) is 11.6 Å². The molecule has 1 heterocycles. The zero-order chi connectivity index (χ0) is 13.8. The Morgan fingerprint density at radius 3 is 2.84 bits per heavy atom. The maximum absolute atomic E-state index is 13.3. The van der Waals surface area contributed by atoms with Crippen molar-refractivity contribution in [3.8, 4) is 0 Å². The van der Waals surface area contributed by atoms with E-state index in [9.17, 15) is 13.6 Å². The summed E-state index contributed by atoms with van der Waals surface area (Å²) in [5, 5.41) is 2.52. The lowest BCUT2D eigenvalue weighted by molar-refractivity contribution is 0.0946. The summed E-state index contributed by atoms with van der Waals surface area (Å²) in [5.74, 6) is -1.67. The number of aromatic nitrogens is 1. The quantitative estimate of drug-likeness (QED) is 0.941. The monoisotopic (exact) mass is 326 g/mol. The van der Waals surface area contributed by atoms with Gasteiger partial charge in [-0.05, 0) is 29.8 Å². The summed E-state index contributed by atoms with van der Waals surface area (Å²) in [4.78, 5) is 15.3. The van der Waals surface area contributed by atoms with Gasteiger partial charge < -0.3 is 5.32 Å². The van der Waals surface area contributed by atoms with E-state index in [1.54, 1.807) is 6.07 Å². The molecule has 0 spiro atoms. The zero-order valence-electron chi connectivity index (χ0n) is 9.66. The Kier molecular flexibility index (Phi) is 4.21. The Bertz CT molecular complexity index is 619. The van der Waals surface area contributed by atoms with Gasteiger partial charge in [0.15, 0.2) is 5.82 Å². The highest BCUT2D eigenvalue weighted by molar-refractivity contribution is 9.10. The van der Waals surface area contributed by atoms with Crippen molar-refractivity contribution < 1.29 is 13.6 Å². The van der Waals surface area contributed by atoms with Crippen LogP contribution in [0.25, 0.3) is 0 Å². The SMILES string of the molecule is O=C(NCc1cc(F)ccc1Br)c1ccncc1F. The van der Waals surface area contributed by atoms with Crippen LogP contribution < -0.4 is 5.32 Å². The van der Waals surface area contributed by atoms with E-state index in [-0.39, 0.29) is 12.1 Å². The Hall–Kier alpha value is -1.82. The van der Waals surface area contributed by atoms with Crippen LogP contribution in [0.15, 0.2) is 41.1 Å². The molecule has 0 bridgehead atoms. The first-order valence-electron chi connectivity index (χ1n) is 5.39. The highest BCUT2D eigenvalue weighted by Gasteiger charge is 2.11. The van der Waals surface area contributed by atoms with Crippen molar-refractivity contribution in [1.29, 1.82) is 0 Å². The lowest BCUT2D eigenvalue weighted by Crippen LogP contribution is -2.24. The van der Waals surface area contributed by atoms with Gasteiger partial charge in [-0.25, -0.2) is 8.78 Å². The molecular weight excluding hydrogens is 318 g/mol. The average molecular weight is 327 g/mol. The molecule has 1 aromatic carbocycles. The van der Waals surface area contributed by atoms with E-state index in [4.69, 9.17) is 0 Å². The van der Waals surface area contributed by atoms with Gasteiger partial charge >= 0.3 is 0 Å². The minimum atomic E-state index is -0.696. The van der Waals surface area contributed by atoms with Crippen molar-refractivity contribution in [3.05, 3.63) is 63.9 Å². The largest absolute Gasteiger partial charge is 0.348 e. The Morgan fingerprint density at radius 2 is 2.11 bits per heavy atom. The molecule has 3 nitrogen and oxygen atoms in total. The van der Waals surface area contributed by atoms with E-state index >= 15 is 0 Å². The number of nitrogens with one attached hydrogen (secondary N) is 1. The number of carbonyl (C=O) groups is 1. The van der Waals surface area contributed by atoms with Crippen molar-refractivity contribution in [2.45, 2.75) is 6.54 Å². The van der Waals surface area contributed by atoms with Crippen LogP contribution in [0.1, 0.15) is 15.9 Å². The third-order valence-electron chi connectivity index (χ3n) is 2.46. The lowest BCUT2D eigenvalue weighted by atomic mass is 10.2. The van der Waals surface area contributed by atoms with Crippen molar-refractivity contribution >= 4 is 21.8 Å². The number of rotatable bonds is 3. The molecule has 98 valence electrons. The maximum atomic E-state index is 13.3. The molecule has 1 N–H and O–H groups in total. The summed E-state index contributed by atoms with van der Waals surface area (Å²) in [6.07, 6.45) is 2.29. The molecule has 2 aromatic rings. The van der Waals surface area contributed by atoms with Crippen LogP contribution in [0.2, 0.25) is 0 Å². The summed E-state index contributed by atoms with van der Waals surface area (Å²) in [6, 6.07) is 5.43. The van der Waals surface area contributed by atoms with Crippen LogP contribution in [0.4, 0.5) is 8.78 Å². The molecule has 0 aliphatic carbocycles. The van der Waals surface area contributed by atoms with Gasteiger partial charge in [-0.15, -0.1) is 0 Å². The molecule has 0 saturated carbocycles. The van der Waals surface area contributed by atoms with Gasteiger partial charge in [0.1, 0.15) is 5.82 Å². The van der Waals surface area contributed by atoms with Gasteiger partial charge in [-0.1, -0.05) is 15.9 Å². The highest BCUT2D eigenvalue weighted by Crippen LogP contribution is 2.17. The fourth-order valence-corrected chi connectivity index (χ4v) is 1.90. The number of amides is 1. The molecule has 2 rings (SSSR count). The topological polar surface area (TPSA) is 42.0 Å². The molecule has 0 aliphatic heterocycles.